The standard InChI is InChI=1S/C26H19Cl2NO6S/c1-32-22-8-16(7-19(28)24(22)33-13-15-5-3-2-4-6-15)9-23-25(30)29(26(31)36-23)12-17-10-20-21(11-18(17)27)35-14-34-20/h2-11H,12-14H2,1H3/b23-9-. The van der Waals surface area contributed by atoms with Crippen molar-refractivity contribution < 1.29 is 28.5 Å². The van der Waals surface area contributed by atoms with Crippen molar-refractivity contribution in [3.8, 4) is 23.0 Å². The maximum atomic E-state index is 13.1. The molecule has 184 valence electrons. The van der Waals surface area contributed by atoms with Crippen molar-refractivity contribution in [3.05, 3.63) is 86.2 Å². The molecule has 3 aromatic rings. The fourth-order valence-corrected chi connectivity index (χ4v) is 5.06. The molecule has 36 heavy (non-hydrogen) atoms. The van der Waals surface area contributed by atoms with Crippen molar-refractivity contribution in [2.24, 2.45) is 0 Å². The zero-order valence-corrected chi connectivity index (χ0v) is 21.3. The van der Waals surface area contributed by atoms with Gasteiger partial charge in [-0.05, 0) is 52.7 Å². The van der Waals surface area contributed by atoms with E-state index in [0.717, 1.165) is 22.2 Å². The number of benzene rings is 3. The topological polar surface area (TPSA) is 74.3 Å². The SMILES string of the molecule is COc1cc(/C=C2\SC(=O)N(Cc3cc4c(cc3Cl)OCO4)C2=O)cc(Cl)c1OCc1ccccc1. The summed E-state index contributed by atoms with van der Waals surface area (Å²) in [6.07, 6.45) is 1.60. The fraction of sp³-hybridized carbons (Fsp3) is 0.154. The van der Waals surface area contributed by atoms with E-state index in [9.17, 15) is 9.59 Å². The third kappa shape index (κ3) is 4.97. The third-order valence-electron chi connectivity index (χ3n) is 5.52. The van der Waals surface area contributed by atoms with Crippen LogP contribution in [-0.4, -0.2) is 29.9 Å². The zero-order chi connectivity index (χ0) is 25.2. The van der Waals surface area contributed by atoms with Gasteiger partial charge in [0.1, 0.15) is 6.61 Å². The van der Waals surface area contributed by atoms with Crippen molar-refractivity contribution in [2.75, 3.05) is 13.9 Å². The van der Waals surface area contributed by atoms with Crippen LogP contribution in [0, 0.1) is 0 Å². The summed E-state index contributed by atoms with van der Waals surface area (Å²) in [7, 11) is 1.51. The number of methoxy groups -OCH3 is 1. The Kier molecular flexibility index (Phi) is 7.00. The third-order valence-corrected chi connectivity index (χ3v) is 7.06. The van der Waals surface area contributed by atoms with Gasteiger partial charge >= 0.3 is 0 Å². The van der Waals surface area contributed by atoms with Crippen molar-refractivity contribution >= 4 is 52.2 Å². The average molecular weight is 544 g/mol. The van der Waals surface area contributed by atoms with Crippen LogP contribution in [0.15, 0.2) is 59.5 Å². The van der Waals surface area contributed by atoms with Gasteiger partial charge in [-0.1, -0.05) is 53.5 Å². The van der Waals surface area contributed by atoms with E-state index < -0.39 is 11.1 Å². The maximum absolute atomic E-state index is 13.1. The summed E-state index contributed by atoms with van der Waals surface area (Å²) in [6, 6.07) is 16.3. The maximum Gasteiger partial charge on any atom is 0.293 e. The number of imide groups is 1. The zero-order valence-electron chi connectivity index (χ0n) is 19.0. The minimum Gasteiger partial charge on any atom is -0.493 e. The van der Waals surface area contributed by atoms with E-state index in [2.05, 4.69) is 0 Å². The lowest BCUT2D eigenvalue weighted by Crippen LogP contribution is -2.27. The van der Waals surface area contributed by atoms with Gasteiger partial charge in [0.05, 0.1) is 23.6 Å². The fourth-order valence-electron chi connectivity index (χ4n) is 3.73. The van der Waals surface area contributed by atoms with Crippen LogP contribution < -0.4 is 18.9 Å². The Morgan fingerprint density at radius 2 is 1.78 bits per heavy atom. The summed E-state index contributed by atoms with van der Waals surface area (Å²) in [4.78, 5) is 27.1. The molecular formula is C26H19Cl2NO6S. The molecule has 7 nitrogen and oxygen atoms in total. The summed E-state index contributed by atoms with van der Waals surface area (Å²) in [6.45, 7) is 0.424. The van der Waals surface area contributed by atoms with Gasteiger partial charge in [-0.2, -0.15) is 0 Å². The number of rotatable bonds is 7. The van der Waals surface area contributed by atoms with Crippen molar-refractivity contribution in [1.29, 1.82) is 0 Å². The number of hydrogen-bond donors (Lipinski definition) is 0. The molecule has 0 aliphatic carbocycles. The Balaban J connectivity index is 1.35. The van der Waals surface area contributed by atoms with Gasteiger partial charge in [0.2, 0.25) is 6.79 Å². The summed E-state index contributed by atoms with van der Waals surface area (Å²) in [5.74, 6) is 1.42. The number of fused-ring (bicyclic) bond motifs is 1. The van der Waals surface area contributed by atoms with E-state index >= 15 is 0 Å². The van der Waals surface area contributed by atoms with E-state index in [0.29, 0.717) is 50.8 Å². The van der Waals surface area contributed by atoms with Crippen LogP contribution in [0.3, 0.4) is 0 Å². The molecule has 0 N–H and O–H groups in total. The summed E-state index contributed by atoms with van der Waals surface area (Å²) in [5.41, 5.74) is 2.15. The van der Waals surface area contributed by atoms with Crippen LogP contribution in [-0.2, 0) is 17.9 Å². The molecule has 0 aromatic heterocycles. The smallest absolute Gasteiger partial charge is 0.293 e. The Morgan fingerprint density at radius 1 is 1.03 bits per heavy atom. The molecule has 0 bridgehead atoms. The van der Waals surface area contributed by atoms with E-state index in [-0.39, 0.29) is 18.2 Å². The van der Waals surface area contributed by atoms with E-state index in [1.54, 1.807) is 30.3 Å². The first-order valence-corrected chi connectivity index (χ1v) is 12.4. The second-order valence-electron chi connectivity index (χ2n) is 7.87. The number of hydrogen-bond acceptors (Lipinski definition) is 7. The highest BCUT2D eigenvalue weighted by atomic mass is 35.5. The highest BCUT2D eigenvalue weighted by molar-refractivity contribution is 8.18. The number of carbonyl (C=O) groups is 2. The summed E-state index contributed by atoms with van der Waals surface area (Å²) in [5, 5.41) is 0.300. The minimum atomic E-state index is -0.432. The van der Waals surface area contributed by atoms with Gasteiger partial charge in [0.15, 0.2) is 23.0 Å². The monoisotopic (exact) mass is 543 g/mol. The molecule has 10 heteroatoms. The van der Waals surface area contributed by atoms with Crippen LogP contribution in [0.1, 0.15) is 16.7 Å². The first kappa shape index (κ1) is 24.4. The van der Waals surface area contributed by atoms with Gasteiger partial charge in [0, 0.05) is 11.1 Å². The van der Waals surface area contributed by atoms with Crippen LogP contribution >= 0.6 is 35.0 Å². The first-order chi connectivity index (χ1) is 17.4. The Bertz CT molecular complexity index is 1380. The number of carbonyl (C=O) groups excluding carboxylic acids is 2. The number of nitrogens with zero attached hydrogens (tertiary/aromatic N) is 1. The quantitative estimate of drug-likeness (QED) is 0.313. The largest absolute Gasteiger partial charge is 0.493 e. The average Bonchev–Trinajstić information content (AvgIpc) is 3.42. The molecule has 0 unspecified atom stereocenters. The molecular weight excluding hydrogens is 525 g/mol. The molecule has 0 spiro atoms. The van der Waals surface area contributed by atoms with E-state index in [4.69, 9.17) is 42.1 Å². The second-order valence-corrected chi connectivity index (χ2v) is 9.68. The number of amides is 2. The van der Waals surface area contributed by atoms with Crippen LogP contribution in [0.5, 0.6) is 23.0 Å². The molecule has 1 fully saturated rings. The molecule has 2 aliphatic rings. The Labute approximate surface area is 221 Å². The molecule has 3 aromatic carbocycles. The number of ether oxygens (including phenoxy) is 4. The Hall–Kier alpha value is -3.33. The molecule has 2 aliphatic heterocycles. The van der Waals surface area contributed by atoms with E-state index in [1.807, 2.05) is 30.3 Å². The normalized spacial score (nSPS) is 15.6. The highest BCUT2D eigenvalue weighted by Crippen LogP contribution is 2.41. The molecule has 2 amide bonds. The Morgan fingerprint density at radius 3 is 2.53 bits per heavy atom. The van der Waals surface area contributed by atoms with Crippen LogP contribution in [0.4, 0.5) is 4.79 Å². The number of halogens is 2. The summed E-state index contributed by atoms with van der Waals surface area (Å²) >= 11 is 13.7. The van der Waals surface area contributed by atoms with Crippen molar-refractivity contribution in [1.82, 2.24) is 4.90 Å². The highest BCUT2D eigenvalue weighted by Gasteiger charge is 2.36. The lowest BCUT2D eigenvalue weighted by Gasteiger charge is -2.14. The first-order valence-electron chi connectivity index (χ1n) is 10.8. The lowest BCUT2D eigenvalue weighted by atomic mass is 10.1. The van der Waals surface area contributed by atoms with Gasteiger partial charge in [-0.25, -0.2) is 0 Å². The van der Waals surface area contributed by atoms with Crippen LogP contribution in [0.2, 0.25) is 10.0 Å². The molecule has 0 atom stereocenters. The molecule has 0 radical (unpaired) electrons. The molecule has 1 saturated heterocycles. The van der Waals surface area contributed by atoms with Gasteiger partial charge in [-0.15, -0.1) is 0 Å². The predicted octanol–water partition coefficient (Wildman–Crippen LogP) is 6.55. The summed E-state index contributed by atoms with van der Waals surface area (Å²) < 4.78 is 22.0. The minimum absolute atomic E-state index is 0.00776. The predicted molar refractivity (Wildman–Crippen MR) is 138 cm³/mol. The van der Waals surface area contributed by atoms with Gasteiger partial charge in [-0.3, -0.25) is 14.5 Å². The molecule has 0 saturated carbocycles. The van der Waals surface area contributed by atoms with Crippen molar-refractivity contribution in [2.45, 2.75) is 13.2 Å². The van der Waals surface area contributed by atoms with Crippen molar-refractivity contribution in [3.63, 3.8) is 0 Å². The molecule has 2 heterocycles. The molecule has 5 rings (SSSR count). The van der Waals surface area contributed by atoms with Gasteiger partial charge in [0.25, 0.3) is 11.1 Å². The van der Waals surface area contributed by atoms with Crippen LogP contribution in [0.25, 0.3) is 6.08 Å². The van der Waals surface area contributed by atoms with E-state index in [1.165, 1.54) is 7.11 Å². The van der Waals surface area contributed by atoms with Gasteiger partial charge < -0.3 is 18.9 Å². The number of thioether (sulfide) groups is 1. The second kappa shape index (κ2) is 10.3. The lowest BCUT2D eigenvalue weighted by molar-refractivity contribution is -0.123.